The van der Waals surface area contributed by atoms with Gasteiger partial charge in [0, 0.05) is 16.8 Å². The van der Waals surface area contributed by atoms with Crippen molar-refractivity contribution in [3.63, 3.8) is 0 Å². The maximum Gasteiger partial charge on any atom is 1.00 e. The van der Waals surface area contributed by atoms with Gasteiger partial charge < -0.3 is 9.11 Å². The Hall–Kier alpha value is -0.920. The zero-order valence-corrected chi connectivity index (χ0v) is 9.82. The van der Waals surface area contributed by atoms with E-state index in [0.29, 0.717) is 0 Å². The highest BCUT2D eigenvalue weighted by molar-refractivity contribution is 7.79. The standard InChI is InChI=1S/C8H15N2.H2O4S/c1-4-5-8-9(2)6-7-10(8)3;1-5(2,3)4/h6-7H,4-5H2,1-3H3;(H2,1,2,3,4)/q+1;/p-1. The normalized spacial score (nSPS) is 10.7. The van der Waals surface area contributed by atoms with E-state index >= 15 is 0 Å². The number of hydrogen-bond donors (Lipinski definition) is 0. The monoisotopic (exact) mass is 236 g/mol. The molecule has 0 bridgehead atoms. The van der Waals surface area contributed by atoms with Gasteiger partial charge in [-0.05, 0) is 6.42 Å². The highest BCUT2D eigenvalue weighted by Crippen LogP contribution is 1.94. The van der Waals surface area contributed by atoms with Gasteiger partial charge >= 0.3 is 1.43 Å². The summed E-state index contributed by atoms with van der Waals surface area (Å²) < 4.78 is 38.4. The van der Waals surface area contributed by atoms with Crippen LogP contribution in [0.1, 0.15) is 20.6 Å². The summed E-state index contributed by atoms with van der Waals surface area (Å²) in [6.45, 7) is 2.20. The number of imidazole rings is 1. The summed E-state index contributed by atoms with van der Waals surface area (Å²) in [6.07, 6.45) is 6.56. The highest BCUT2D eigenvalue weighted by Gasteiger charge is 2.07. The predicted octanol–water partition coefficient (Wildman–Crippen LogP) is -0.423. The fourth-order valence-electron chi connectivity index (χ4n) is 1.20. The van der Waals surface area contributed by atoms with E-state index < -0.39 is 10.4 Å². The first-order chi connectivity index (χ1) is 6.75. The molecule has 0 N–H and O–H groups in total. The third-order valence-electron chi connectivity index (χ3n) is 1.80. The molecule has 1 rings (SSSR count). The fourth-order valence-corrected chi connectivity index (χ4v) is 1.20. The number of nitrogens with zero attached hydrogens (tertiary/aromatic N) is 2. The van der Waals surface area contributed by atoms with E-state index in [2.05, 4.69) is 42.5 Å². The molecular weight excluding hydrogens is 220 g/mol. The Kier molecular flexibility index (Phi) is 5.48. The van der Waals surface area contributed by atoms with Gasteiger partial charge in [-0.2, -0.15) is 0 Å². The lowest BCUT2D eigenvalue weighted by Crippen LogP contribution is -2.31. The maximum atomic E-state index is 8.52. The van der Waals surface area contributed by atoms with Crippen LogP contribution in [0.4, 0.5) is 0 Å². The largest absolute Gasteiger partial charge is 1.00 e. The van der Waals surface area contributed by atoms with Crippen LogP contribution >= 0.6 is 0 Å². The molecule has 0 unspecified atom stereocenters. The lowest BCUT2D eigenvalue weighted by molar-refractivity contribution is -0.678. The van der Waals surface area contributed by atoms with Crippen LogP contribution in [0.25, 0.3) is 0 Å². The Labute approximate surface area is 91.2 Å². The molecule has 15 heavy (non-hydrogen) atoms. The van der Waals surface area contributed by atoms with Crippen LogP contribution in [0.15, 0.2) is 12.4 Å². The minimum absolute atomic E-state index is 0. The van der Waals surface area contributed by atoms with Gasteiger partial charge in [-0.1, -0.05) is 6.92 Å². The van der Waals surface area contributed by atoms with Crippen molar-refractivity contribution in [2.45, 2.75) is 19.8 Å². The van der Waals surface area contributed by atoms with E-state index in [1.807, 2.05) is 0 Å². The smallest absolute Gasteiger partial charge is 0.759 e. The van der Waals surface area contributed by atoms with Gasteiger partial charge in [0.15, 0.2) is 0 Å². The Balaban J connectivity index is 0. The van der Waals surface area contributed by atoms with Gasteiger partial charge in [-0.3, -0.25) is 8.42 Å². The molecule has 0 aliphatic heterocycles. The van der Waals surface area contributed by atoms with Gasteiger partial charge in [0.2, 0.25) is 0 Å². The SMILES string of the molecule is CCCc1n(C)cc[n+]1C.O=S(=O)([O-])[O-].[H+]. The molecule has 1 aromatic rings. The highest BCUT2D eigenvalue weighted by atomic mass is 32.3. The molecule has 0 radical (unpaired) electrons. The van der Waals surface area contributed by atoms with Crippen LogP contribution in [0.5, 0.6) is 0 Å². The van der Waals surface area contributed by atoms with Crippen LogP contribution < -0.4 is 4.57 Å². The first-order valence-corrected chi connectivity index (χ1v) is 5.75. The third-order valence-corrected chi connectivity index (χ3v) is 1.80. The van der Waals surface area contributed by atoms with E-state index in [1.54, 1.807) is 0 Å². The van der Waals surface area contributed by atoms with Crippen molar-refractivity contribution in [3.8, 4) is 0 Å². The first kappa shape index (κ1) is 14.1. The van der Waals surface area contributed by atoms with E-state index in [9.17, 15) is 0 Å². The second kappa shape index (κ2) is 5.84. The molecular formula is C8H16N2O4S. The van der Waals surface area contributed by atoms with Crippen molar-refractivity contribution in [3.05, 3.63) is 18.2 Å². The topological polar surface area (TPSA) is 89.1 Å². The van der Waals surface area contributed by atoms with Crippen LogP contribution in [0.2, 0.25) is 0 Å². The summed E-state index contributed by atoms with van der Waals surface area (Å²) in [5.41, 5.74) is 0. The van der Waals surface area contributed by atoms with Gasteiger partial charge in [-0.25, -0.2) is 9.13 Å². The van der Waals surface area contributed by atoms with Crippen molar-refractivity contribution in [2.75, 3.05) is 0 Å². The third kappa shape index (κ3) is 7.06. The summed E-state index contributed by atoms with van der Waals surface area (Å²) in [5.74, 6) is 1.39. The van der Waals surface area contributed by atoms with Crippen molar-refractivity contribution in [2.24, 2.45) is 14.1 Å². The Morgan fingerprint density at radius 3 is 2.27 bits per heavy atom. The lowest BCUT2D eigenvalue weighted by Gasteiger charge is -2.06. The summed E-state index contributed by atoms with van der Waals surface area (Å²) in [6, 6.07) is 0. The molecule has 0 aromatic carbocycles. The molecule has 6 nitrogen and oxygen atoms in total. The first-order valence-electron chi connectivity index (χ1n) is 4.42. The fraction of sp³-hybridized carbons (Fsp3) is 0.625. The van der Waals surface area contributed by atoms with Crippen LogP contribution in [-0.4, -0.2) is 22.1 Å². The number of rotatable bonds is 2. The zero-order valence-electron chi connectivity index (χ0n) is 10.0. The van der Waals surface area contributed by atoms with Gasteiger partial charge in [0.1, 0.15) is 12.4 Å². The van der Waals surface area contributed by atoms with Crippen LogP contribution in [-0.2, 0) is 30.9 Å². The van der Waals surface area contributed by atoms with Gasteiger partial charge in [0.05, 0.1) is 14.1 Å². The molecule has 88 valence electrons. The van der Waals surface area contributed by atoms with Crippen molar-refractivity contribution >= 4 is 10.4 Å². The molecule has 0 aliphatic carbocycles. The molecule has 0 amide bonds. The molecule has 1 aromatic heterocycles. The number of aromatic nitrogens is 2. The summed E-state index contributed by atoms with van der Waals surface area (Å²) in [7, 11) is -0.990. The molecule has 0 atom stereocenters. The van der Waals surface area contributed by atoms with Crippen molar-refractivity contribution in [1.29, 1.82) is 0 Å². The predicted molar refractivity (Wildman–Crippen MR) is 52.2 cm³/mol. The van der Waals surface area contributed by atoms with Crippen molar-refractivity contribution in [1.82, 2.24) is 4.57 Å². The number of aryl methyl sites for hydroxylation is 2. The average molecular weight is 236 g/mol. The number of hydrogen-bond acceptors (Lipinski definition) is 4. The quantitative estimate of drug-likeness (QED) is 0.396. The second-order valence-corrected chi connectivity index (χ2v) is 3.91. The second-order valence-electron chi connectivity index (χ2n) is 3.09. The van der Waals surface area contributed by atoms with Crippen molar-refractivity contribution < 1.29 is 23.5 Å². The van der Waals surface area contributed by atoms with Gasteiger partial charge in [0.25, 0.3) is 5.82 Å². The van der Waals surface area contributed by atoms with Crippen LogP contribution in [0, 0.1) is 0 Å². The van der Waals surface area contributed by atoms with E-state index in [4.69, 9.17) is 17.5 Å². The van der Waals surface area contributed by atoms with E-state index in [0.717, 1.165) is 0 Å². The summed E-state index contributed by atoms with van der Waals surface area (Å²) >= 11 is 0. The van der Waals surface area contributed by atoms with Crippen LogP contribution in [0.3, 0.4) is 0 Å². The lowest BCUT2D eigenvalue weighted by atomic mass is 10.3. The molecule has 1 heterocycles. The average Bonchev–Trinajstić information content (AvgIpc) is 2.33. The Morgan fingerprint density at radius 1 is 1.53 bits per heavy atom. The molecule has 7 heteroatoms. The molecule has 0 saturated heterocycles. The molecule has 0 aliphatic rings. The Bertz CT molecular complexity index is 375. The van der Waals surface area contributed by atoms with E-state index in [-0.39, 0.29) is 1.43 Å². The van der Waals surface area contributed by atoms with Gasteiger partial charge in [-0.15, -0.1) is 0 Å². The molecule has 0 spiro atoms. The summed E-state index contributed by atoms with van der Waals surface area (Å²) in [5, 5.41) is 0. The molecule has 0 fully saturated rings. The maximum absolute atomic E-state index is 8.52. The Morgan fingerprint density at radius 2 is 2.00 bits per heavy atom. The molecule has 0 saturated carbocycles. The minimum atomic E-state index is -5.17. The zero-order chi connectivity index (χ0) is 12.1. The summed E-state index contributed by atoms with van der Waals surface area (Å²) in [4.78, 5) is 0. The minimum Gasteiger partial charge on any atom is -0.759 e. The van der Waals surface area contributed by atoms with E-state index in [1.165, 1.54) is 18.7 Å².